The van der Waals surface area contributed by atoms with Crippen molar-refractivity contribution in [2.24, 2.45) is 0 Å². The minimum atomic E-state index is -1.89. The molecular formula is C26H40O3S2Si. The molecule has 1 N–H and O–H groups in total. The van der Waals surface area contributed by atoms with Crippen LogP contribution in [0.15, 0.2) is 24.3 Å². The van der Waals surface area contributed by atoms with Gasteiger partial charge in [-0.1, -0.05) is 46.8 Å². The highest BCUT2D eigenvalue weighted by Gasteiger charge is 2.39. The molecule has 0 radical (unpaired) electrons. The molecule has 0 unspecified atom stereocenters. The number of thioether (sulfide) groups is 1. The first kappa shape index (κ1) is 27.0. The van der Waals surface area contributed by atoms with E-state index in [1.807, 2.05) is 11.3 Å². The third kappa shape index (κ3) is 5.81. The summed E-state index contributed by atoms with van der Waals surface area (Å²) >= 11 is 3.32. The van der Waals surface area contributed by atoms with Crippen molar-refractivity contribution >= 4 is 37.4 Å². The summed E-state index contributed by atoms with van der Waals surface area (Å²) in [6.07, 6.45) is 2.04. The maximum Gasteiger partial charge on any atom is 0.313 e. The third-order valence-electron chi connectivity index (χ3n) is 7.06. The van der Waals surface area contributed by atoms with Crippen molar-refractivity contribution in [3.8, 4) is 5.75 Å². The largest absolute Gasteiger partial charge is 0.543 e. The van der Waals surface area contributed by atoms with Gasteiger partial charge in [-0.15, -0.1) is 23.1 Å². The van der Waals surface area contributed by atoms with Gasteiger partial charge in [-0.25, -0.2) is 0 Å². The van der Waals surface area contributed by atoms with Gasteiger partial charge >= 0.3 is 5.97 Å². The number of benzene rings is 1. The predicted octanol–water partition coefficient (Wildman–Crippen LogP) is 8.17. The summed E-state index contributed by atoms with van der Waals surface area (Å²) in [5, 5.41) is 9.12. The smallest absolute Gasteiger partial charge is 0.313 e. The maximum absolute atomic E-state index is 10.9. The van der Waals surface area contributed by atoms with Gasteiger partial charge in [0.25, 0.3) is 0 Å². The summed E-state index contributed by atoms with van der Waals surface area (Å²) < 4.78 is 6.62. The van der Waals surface area contributed by atoms with E-state index in [0.717, 1.165) is 24.3 Å². The maximum atomic E-state index is 10.9. The molecule has 0 aliphatic heterocycles. The number of rotatable bonds is 10. The third-order valence-corrected chi connectivity index (χ3v) is 14.0. The minimum Gasteiger partial charge on any atom is -0.543 e. The molecular weight excluding hydrogens is 453 g/mol. The lowest BCUT2D eigenvalue weighted by Gasteiger charge is -2.37. The molecule has 178 valence electrons. The van der Waals surface area contributed by atoms with E-state index >= 15 is 0 Å². The van der Waals surface area contributed by atoms with Crippen LogP contribution in [0.2, 0.25) is 18.1 Å². The Kier molecular flexibility index (Phi) is 8.74. The van der Waals surface area contributed by atoms with E-state index in [1.165, 1.54) is 38.2 Å². The lowest BCUT2D eigenvalue weighted by Crippen LogP contribution is -2.44. The molecule has 2 aromatic rings. The summed E-state index contributed by atoms with van der Waals surface area (Å²) in [6.45, 7) is 20.3. The van der Waals surface area contributed by atoms with Crippen LogP contribution in [0, 0.1) is 13.8 Å². The Labute approximate surface area is 204 Å². The highest BCUT2D eigenvalue weighted by atomic mass is 32.2. The second-order valence-electron chi connectivity index (χ2n) is 10.2. The van der Waals surface area contributed by atoms with Gasteiger partial charge in [0, 0.05) is 20.9 Å². The molecule has 1 aromatic carbocycles. The van der Waals surface area contributed by atoms with Crippen LogP contribution in [0.4, 0.5) is 0 Å². The summed E-state index contributed by atoms with van der Waals surface area (Å²) in [7, 11) is -1.89. The molecule has 3 nitrogen and oxygen atoms in total. The van der Waals surface area contributed by atoms with E-state index in [4.69, 9.17) is 9.53 Å². The Morgan fingerprint density at radius 2 is 1.72 bits per heavy atom. The molecule has 0 amide bonds. The fraction of sp³-hybridized carbons (Fsp3) is 0.577. The van der Waals surface area contributed by atoms with E-state index in [0.29, 0.717) is 0 Å². The van der Waals surface area contributed by atoms with Crippen LogP contribution in [0.5, 0.6) is 5.75 Å². The van der Waals surface area contributed by atoms with E-state index in [1.54, 1.807) is 0 Å². The van der Waals surface area contributed by atoms with Crippen LogP contribution in [-0.4, -0.2) is 25.1 Å². The fourth-order valence-electron chi connectivity index (χ4n) is 3.77. The lowest BCUT2D eigenvalue weighted by molar-refractivity contribution is -0.133. The molecule has 1 heterocycles. The molecule has 0 aliphatic rings. The van der Waals surface area contributed by atoms with E-state index in [9.17, 15) is 4.79 Å². The standard InChI is InChI=1S/C26H40O3S2Si/c1-10-26(11-2,23-15-19(4)22(31-23)16-30-17-24(27)28)20-12-13-21(18(3)14-20)29-32(8,9)25(5,6)7/h12-15H,10-11,16-17H2,1-9H3,(H,27,28). The number of carbonyl (C=O) groups is 1. The van der Waals surface area contributed by atoms with Gasteiger partial charge in [-0.2, -0.15) is 0 Å². The van der Waals surface area contributed by atoms with Crippen LogP contribution >= 0.6 is 23.1 Å². The minimum absolute atomic E-state index is 0.0363. The first-order valence-electron chi connectivity index (χ1n) is 11.5. The summed E-state index contributed by atoms with van der Waals surface area (Å²) in [5.41, 5.74) is 3.77. The lowest BCUT2D eigenvalue weighted by atomic mass is 9.74. The molecule has 6 heteroatoms. The Balaban J connectivity index is 2.40. The van der Waals surface area contributed by atoms with Crippen molar-refractivity contribution in [1.29, 1.82) is 0 Å². The van der Waals surface area contributed by atoms with Gasteiger partial charge in [0.1, 0.15) is 5.75 Å². The second-order valence-corrected chi connectivity index (χ2v) is 17.1. The Morgan fingerprint density at radius 1 is 1.09 bits per heavy atom. The monoisotopic (exact) mass is 492 g/mol. The summed E-state index contributed by atoms with van der Waals surface area (Å²) in [6, 6.07) is 9.08. The number of hydrogen-bond donors (Lipinski definition) is 1. The number of aryl methyl sites for hydroxylation is 2. The van der Waals surface area contributed by atoms with Crippen molar-refractivity contribution in [3.05, 3.63) is 50.7 Å². The van der Waals surface area contributed by atoms with Crippen molar-refractivity contribution in [2.45, 2.75) is 90.6 Å². The topological polar surface area (TPSA) is 46.5 Å². The van der Waals surface area contributed by atoms with Gasteiger partial charge in [0.15, 0.2) is 0 Å². The Bertz CT molecular complexity index is 937. The van der Waals surface area contributed by atoms with E-state index < -0.39 is 14.3 Å². The number of carboxylic acids is 1. The zero-order valence-electron chi connectivity index (χ0n) is 21.2. The van der Waals surface area contributed by atoms with Crippen LogP contribution in [0.1, 0.15) is 73.9 Å². The van der Waals surface area contributed by atoms with Crippen molar-refractivity contribution in [3.63, 3.8) is 0 Å². The molecule has 2 rings (SSSR count). The van der Waals surface area contributed by atoms with Gasteiger partial charge in [-0.05, 0) is 73.6 Å². The summed E-state index contributed by atoms with van der Waals surface area (Å²) in [5.74, 6) is 1.16. The number of carboxylic acid groups (broad SMARTS) is 1. The summed E-state index contributed by atoms with van der Waals surface area (Å²) in [4.78, 5) is 13.6. The molecule has 0 saturated carbocycles. The van der Waals surface area contributed by atoms with Gasteiger partial charge in [0.05, 0.1) is 5.75 Å². The molecule has 0 aliphatic carbocycles. The first-order valence-corrected chi connectivity index (χ1v) is 16.3. The quantitative estimate of drug-likeness (QED) is 0.340. The van der Waals surface area contributed by atoms with Gasteiger partial charge < -0.3 is 9.53 Å². The fourth-order valence-corrected chi connectivity index (χ4v) is 7.35. The average Bonchev–Trinajstić information content (AvgIpc) is 3.05. The van der Waals surface area contributed by atoms with Crippen LogP contribution in [0.25, 0.3) is 0 Å². The molecule has 0 atom stereocenters. The van der Waals surface area contributed by atoms with Gasteiger partial charge in [0.2, 0.25) is 8.32 Å². The number of hydrogen-bond acceptors (Lipinski definition) is 4. The van der Waals surface area contributed by atoms with Crippen LogP contribution in [0.3, 0.4) is 0 Å². The Morgan fingerprint density at radius 3 is 2.22 bits per heavy atom. The highest BCUT2D eigenvalue weighted by Crippen LogP contribution is 2.45. The van der Waals surface area contributed by atoms with Crippen LogP contribution in [-0.2, 0) is 16.0 Å². The van der Waals surface area contributed by atoms with Crippen molar-refractivity contribution in [1.82, 2.24) is 0 Å². The van der Waals surface area contributed by atoms with E-state index in [2.05, 4.69) is 85.8 Å². The molecule has 0 fully saturated rings. The molecule has 0 spiro atoms. The number of thiophene rings is 1. The molecule has 0 saturated heterocycles. The zero-order valence-corrected chi connectivity index (χ0v) is 23.9. The Hall–Kier alpha value is -1.24. The second kappa shape index (κ2) is 10.4. The molecule has 32 heavy (non-hydrogen) atoms. The first-order chi connectivity index (χ1) is 14.8. The van der Waals surface area contributed by atoms with Crippen LogP contribution < -0.4 is 4.43 Å². The normalized spacial score (nSPS) is 12.8. The van der Waals surface area contributed by atoms with Crippen molar-refractivity contribution < 1.29 is 14.3 Å². The number of aliphatic carboxylic acids is 1. The average molecular weight is 493 g/mol. The molecule has 0 bridgehead atoms. The predicted molar refractivity (Wildman–Crippen MR) is 143 cm³/mol. The highest BCUT2D eigenvalue weighted by molar-refractivity contribution is 7.99. The van der Waals surface area contributed by atoms with Gasteiger partial charge in [-0.3, -0.25) is 4.79 Å². The zero-order chi connectivity index (χ0) is 24.3. The molecule has 1 aromatic heterocycles. The SMILES string of the molecule is CCC(CC)(c1ccc(O[Si](C)(C)C(C)(C)C)c(C)c1)c1cc(C)c(CSCC(=O)O)s1. The van der Waals surface area contributed by atoms with E-state index in [-0.39, 0.29) is 16.2 Å². The van der Waals surface area contributed by atoms with Crippen molar-refractivity contribution in [2.75, 3.05) is 5.75 Å².